The van der Waals surface area contributed by atoms with Crippen molar-refractivity contribution in [1.29, 1.82) is 0 Å². The molecule has 2 aromatic carbocycles. The third-order valence-electron chi connectivity index (χ3n) is 5.75. The number of benzene rings is 2. The number of aryl methyl sites for hydroxylation is 2. The highest BCUT2D eigenvalue weighted by atomic mass is 16.5. The Kier molecular flexibility index (Phi) is 5.35. The van der Waals surface area contributed by atoms with E-state index in [0.717, 1.165) is 28.7 Å². The fourth-order valence-corrected chi connectivity index (χ4v) is 4.48. The molecule has 0 bridgehead atoms. The maximum atomic E-state index is 13.3. The number of carbonyl (C=O) groups excluding carboxylic acids is 1. The monoisotopic (exact) mass is 421 g/mol. The number of phenolic OH excluding ortho intramolecular Hbond substituents is 1. The van der Waals surface area contributed by atoms with Crippen molar-refractivity contribution in [3.8, 4) is 28.5 Å². The van der Waals surface area contributed by atoms with Crippen molar-refractivity contribution in [2.45, 2.75) is 33.2 Å². The van der Waals surface area contributed by atoms with E-state index in [1.807, 2.05) is 49.9 Å². The Hall–Kier alpha value is -3.48. The van der Waals surface area contributed by atoms with Gasteiger partial charge in [0.2, 0.25) is 0 Å². The molecule has 1 atom stereocenters. The van der Waals surface area contributed by atoms with E-state index >= 15 is 0 Å². The fraction of sp³-hybridized carbons (Fsp3) is 0.333. The number of phenols is 1. The molecule has 0 spiro atoms. The third kappa shape index (κ3) is 3.30. The Morgan fingerprint density at radius 2 is 1.87 bits per heavy atom. The van der Waals surface area contributed by atoms with Gasteiger partial charge in [0.15, 0.2) is 11.5 Å². The van der Waals surface area contributed by atoms with Crippen molar-refractivity contribution in [1.82, 2.24) is 15.1 Å². The quantitative estimate of drug-likeness (QED) is 0.617. The number of hydrogen-bond donors (Lipinski definition) is 2. The van der Waals surface area contributed by atoms with E-state index in [1.165, 1.54) is 0 Å². The molecule has 7 heteroatoms. The van der Waals surface area contributed by atoms with E-state index in [4.69, 9.17) is 9.47 Å². The number of fused-ring (bicyclic) bond motifs is 1. The van der Waals surface area contributed by atoms with Crippen LogP contribution in [0.15, 0.2) is 30.3 Å². The van der Waals surface area contributed by atoms with Gasteiger partial charge >= 0.3 is 0 Å². The highest BCUT2D eigenvalue weighted by Gasteiger charge is 2.42. The van der Waals surface area contributed by atoms with Crippen LogP contribution in [-0.2, 0) is 0 Å². The van der Waals surface area contributed by atoms with Crippen LogP contribution in [0.5, 0.6) is 17.2 Å². The molecule has 1 aromatic heterocycles. The van der Waals surface area contributed by atoms with E-state index < -0.39 is 0 Å². The zero-order valence-electron chi connectivity index (χ0n) is 18.4. The molecule has 4 rings (SSSR count). The van der Waals surface area contributed by atoms with Gasteiger partial charge in [-0.05, 0) is 55.2 Å². The first kappa shape index (κ1) is 20.8. The molecule has 0 fully saturated rings. The number of hydrogen-bond acceptors (Lipinski definition) is 5. The number of nitrogens with zero attached hydrogens (tertiary/aromatic N) is 2. The number of carbonyl (C=O) groups is 1. The lowest BCUT2D eigenvalue weighted by Crippen LogP contribution is -2.30. The largest absolute Gasteiger partial charge is 0.507 e. The first-order valence-corrected chi connectivity index (χ1v) is 10.3. The van der Waals surface area contributed by atoms with E-state index in [2.05, 4.69) is 10.2 Å². The predicted molar refractivity (Wildman–Crippen MR) is 118 cm³/mol. The molecule has 7 nitrogen and oxygen atoms in total. The van der Waals surface area contributed by atoms with Gasteiger partial charge in [-0.25, -0.2) is 0 Å². The second-order valence-electron chi connectivity index (χ2n) is 7.85. The number of amides is 1. The fourth-order valence-electron chi connectivity index (χ4n) is 4.48. The number of nitrogens with one attached hydrogen (secondary N) is 1. The van der Waals surface area contributed by atoms with Gasteiger partial charge in [0.25, 0.3) is 5.91 Å². The molecule has 2 N–H and O–H groups in total. The Morgan fingerprint density at radius 3 is 2.52 bits per heavy atom. The summed E-state index contributed by atoms with van der Waals surface area (Å²) < 4.78 is 10.9. The van der Waals surface area contributed by atoms with Gasteiger partial charge in [-0.2, -0.15) is 5.10 Å². The lowest BCUT2D eigenvalue weighted by molar-refractivity contribution is 0.0743. The summed E-state index contributed by atoms with van der Waals surface area (Å²) in [7, 11) is 3.18. The molecule has 162 valence electrons. The van der Waals surface area contributed by atoms with Crippen LogP contribution in [0.1, 0.15) is 52.1 Å². The van der Waals surface area contributed by atoms with Crippen LogP contribution in [0.4, 0.5) is 0 Å². The van der Waals surface area contributed by atoms with Crippen LogP contribution in [-0.4, -0.2) is 46.9 Å². The van der Waals surface area contributed by atoms with Crippen LogP contribution in [0, 0.1) is 13.8 Å². The average Bonchev–Trinajstić information content (AvgIpc) is 3.27. The Morgan fingerprint density at radius 1 is 1.13 bits per heavy atom. The summed E-state index contributed by atoms with van der Waals surface area (Å²) in [4.78, 5) is 15.1. The summed E-state index contributed by atoms with van der Waals surface area (Å²) in [5.41, 5.74) is 5.22. The number of rotatable bonds is 6. The van der Waals surface area contributed by atoms with Gasteiger partial charge in [0.1, 0.15) is 17.1 Å². The molecule has 0 unspecified atom stereocenters. The van der Waals surface area contributed by atoms with Gasteiger partial charge in [0, 0.05) is 17.7 Å². The van der Waals surface area contributed by atoms with E-state index in [0.29, 0.717) is 35.0 Å². The lowest BCUT2D eigenvalue weighted by Gasteiger charge is -2.26. The minimum absolute atomic E-state index is 0.0976. The van der Waals surface area contributed by atoms with Crippen molar-refractivity contribution < 1.29 is 19.4 Å². The van der Waals surface area contributed by atoms with Gasteiger partial charge in [-0.3, -0.25) is 9.89 Å². The van der Waals surface area contributed by atoms with E-state index in [1.54, 1.807) is 20.3 Å². The van der Waals surface area contributed by atoms with Crippen molar-refractivity contribution in [2.75, 3.05) is 20.8 Å². The first-order valence-electron chi connectivity index (χ1n) is 10.3. The molecule has 0 saturated heterocycles. The Labute approximate surface area is 181 Å². The Bertz CT molecular complexity index is 1130. The topological polar surface area (TPSA) is 87.7 Å². The number of ether oxygens (including phenoxy) is 2. The summed E-state index contributed by atoms with van der Waals surface area (Å²) in [6.07, 6.45) is 0.817. The summed E-state index contributed by atoms with van der Waals surface area (Å²) in [6, 6.07) is 9.05. The summed E-state index contributed by atoms with van der Waals surface area (Å²) >= 11 is 0. The maximum absolute atomic E-state index is 13.3. The number of methoxy groups -OCH3 is 2. The number of aromatic hydroxyl groups is 1. The number of aromatic nitrogens is 2. The second-order valence-corrected chi connectivity index (χ2v) is 7.85. The molecule has 0 radical (unpaired) electrons. The molecule has 0 aliphatic carbocycles. The highest BCUT2D eigenvalue weighted by molar-refractivity contribution is 6.00. The average molecular weight is 421 g/mol. The molecule has 1 aliphatic heterocycles. The first-order chi connectivity index (χ1) is 14.9. The minimum Gasteiger partial charge on any atom is -0.507 e. The van der Waals surface area contributed by atoms with Gasteiger partial charge < -0.3 is 19.5 Å². The van der Waals surface area contributed by atoms with Crippen molar-refractivity contribution >= 4 is 5.91 Å². The maximum Gasteiger partial charge on any atom is 0.273 e. The lowest BCUT2D eigenvalue weighted by atomic mass is 9.93. The zero-order chi connectivity index (χ0) is 22.3. The molecule has 1 amide bonds. The van der Waals surface area contributed by atoms with Crippen LogP contribution in [0.3, 0.4) is 0 Å². The predicted octanol–water partition coefficient (Wildman–Crippen LogP) is 4.37. The molecule has 0 saturated carbocycles. The van der Waals surface area contributed by atoms with Crippen LogP contribution < -0.4 is 9.47 Å². The third-order valence-corrected chi connectivity index (χ3v) is 5.75. The van der Waals surface area contributed by atoms with Crippen molar-refractivity contribution in [3.05, 3.63) is 58.3 Å². The summed E-state index contributed by atoms with van der Waals surface area (Å²) in [6.45, 7) is 6.51. The van der Waals surface area contributed by atoms with Crippen LogP contribution >= 0.6 is 0 Å². The Balaban J connectivity index is 1.94. The van der Waals surface area contributed by atoms with Crippen molar-refractivity contribution in [3.63, 3.8) is 0 Å². The molecular formula is C24H27N3O4. The molecule has 31 heavy (non-hydrogen) atoms. The number of H-pyrrole nitrogens is 1. The number of aromatic amines is 1. The molecule has 2 heterocycles. The standard InChI is InChI=1S/C24H27N3O4/c1-6-9-27-23(15-7-8-17(30-4)18(12-15)31-5)20-21(25-26-22(20)24(27)29)19-14(3)10-13(2)11-16(19)28/h7-8,10-12,23,28H,6,9H2,1-5H3,(H,25,26)/t23-/m0/s1. The van der Waals surface area contributed by atoms with Gasteiger partial charge in [0.05, 0.1) is 20.3 Å². The van der Waals surface area contributed by atoms with Crippen molar-refractivity contribution in [2.24, 2.45) is 0 Å². The zero-order valence-corrected chi connectivity index (χ0v) is 18.4. The highest BCUT2D eigenvalue weighted by Crippen LogP contribution is 2.46. The summed E-state index contributed by atoms with van der Waals surface area (Å²) in [5, 5.41) is 18.1. The molecule has 3 aromatic rings. The smallest absolute Gasteiger partial charge is 0.273 e. The normalized spacial score (nSPS) is 15.3. The SMILES string of the molecule is CCCN1C(=O)c2[nH]nc(-c3c(C)cc(C)cc3O)c2[C@@H]1c1ccc(OC)c(OC)c1. The summed E-state index contributed by atoms with van der Waals surface area (Å²) in [5.74, 6) is 1.27. The van der Waals surface area contributed by atoms with E-state index in [-0.39, 0.29) is 17.7 Å². The van der Waals surface area contributed by atoms with E-state index in [9.17, 15) is 9.90 Å². The minimum atomic E-state index is -0.351. The molecule has 1 aliphatic rings. The van der Waals surface area contributed by atoms with Crippen LogP contribution in [0.2, 0.25) is 0 Å². The van der Waals surface area contributed by atoms with Crippen LogP contribution in [0.25, 0.3) is 11.3 Å². The molecular weight excluding hydrogens is 394 g/mol. The van der Waals surface area contributed by atoms with Gasteiger partial charge in [-0.1, -0.05) is 19.1 Å². The second kappa shape index (κ2) is 7.98. The van der Waals surface area contributed by atoms with Gasteiger partial charge in [-0.15, -0.1) is 0 Å².